The molecule has 0 fully saturated rings. The van der Waals surface area contributed by atoms with E-state index in [9.17, 15) is 9.59 Å². The number of aryl methyl sites for hydroxylation is 2. The van der Waals surface area contributed by atoms with Crippen molar-refractivity contribution in [2.24, 2.45) is 5.10 Å². The quantitative estimate of drug-likeness (QED) is 0.373. The molecule has 0 aliphatic carbocycles. The summed E-state index contributed by atoms with van der Waals surface area (Å²) in [5.41, 5.74) is 6.74. The Balaban J connectivity index is 1.47. The van der Waals surface area contributed by atoms with Crippen molar-refractivity contribution in [1.29, 1.82) is 0 Å². The molecule has 0 bridgehead atoms. The van der Waals surface area contributed by atoms with Gasteiger partial charge in [-0.05, 0) is 60.9 Å². The predicted molar refractivity (Wildman–Crippen MR) is 117 cm³/mol. The van der Waals surface area contributed by atoms with Gasteiger partial charge in [0.15, 0.2) is 0 Å². The van der Waals surface area contributed by atoms with Gasteiger partial charge in [-0.15, -0.1) is 0 Å². The summed E-state index contributed by atoms with van der Waals surface area (Å²) in [6.07, 6.45) is 1.46. The summed E-state index contributed by atoms with van der Waals surface area (Å²) in [6.45, 7) is 4.38. The van der Waals surface area contributed by atoms with Crippen LogP contribution in [0.25, 0.3) is 0 Å². The molecule has 152 valence electrons. The van der Waals surface area contributed by atoms with Crippen LogP contribution in [0.2, 0.25) is 0 Å². The molecule has 3 aromatic rings. The second-order valence-electron chi connectivity index (χ2n) is 6.81. The van der Waals surface area contributed by atoms with Crippen LogP contribution in [0, 0.1) is 13.8 Å². The molecule has 0 aliphatic rings. The van der Waals surface area contributed by atoms with Gasteiger partial charge in [-0.25, -0.2) is 5.43 Å². The van der Waals surface area contributed by atoms with Crippen molar-refractivity contribution in [3.8, 4) is 5.75 Å². The molecule has 3 rings (SSSR count). The van der Waals surface area contributed by atoms with E-state index in [1.165, 1.54) is 11.8 Å². The third kappa shape index (κ3) is 6.04. The summed E-state index contributed by atoms with van der Waals surface area (Å²) in [6, 6.07) is 22.7. The zero-order chi connectivity index (χ0) is 21.3. The monoisotopic (exact) mass is 401 g/mol. The van der Waals surface area contributed by atoms with Crippen molar-refractivity contribution in [3.63, 3.8) is 0 Å². The first-order chi connectivity index (χ1) is 14.5. The zero-order valence-electron chi connectivity index (χ0n) is 16.9. The fourth-order valence-electron chi connectivity index (χ4n) is 2.61. The molecule has 0 atom stereocenters. The van der Waals surface area contributed by atoms with E-state index in [-0.39, 0.29) is 0 Å². The first-order valence-electron chi connectivity index (χ1n) is 9.50. The number of para-hydroxylation sites is 1. The first-order valence-corrected chi connectivity index (χ1v) is 9.50. The Hall–Kier alpha value is -3.93. The van der Waals surface area contributed by atoms with E-state index >= 15 is 0 Å². The van der Waals surface area contributed by atoms with Gasteiger partial charge < -0.3 is 10.1 Å². The SMILES string of the molecule is Cc1ccc(COc2ccc(/C=N\NC(=O)C(=O)Nc3ccccc3C)cc2)cc1. The number of nitrogens with zero attached hydrogens (tertiary/aromatic N) is 1. The topological polar surface area (TPSA) is 79.8 Å². The van der Waals surface area contributed by atoms with Gasteiger partial charge in [-0.1, -0.05) is 48.0 Å². The molecule has 0 spiro atoms. The number of rotatable bonds is 6. The highest BCUT2D eigenvalue weighted by atomic mass is 16.5. The van der Waals surface area contributed by atoms with Crippen molar-refractivity contribution >= 4 is 23.7 Å². The van der Waals surface area contributed by atoms with Crippen LogP contribution in [0.1, 0.15) is 22.3 Å². The van der Waals surface area contributed by atoms with Crippen LogP contribution in [-0.2, 0) is 16.2 Å². The molecular weight excluding hydrogens is 378 g/mol. The van der Waals surface area contributed by atoms with E-state index < -0.39 is 11.8 Å². The molecule has 0 aliphatic heterocycles. The number of amides is 2. The number of nitrogens with one attached hydrogen (secondary N) is 2. The van der Waals surface area contributed by atoms with Gasteiger partial charge in [-0.2, -0.15) is 5.10 Å². The molecule has 2 amide bonds. The third-order valence-electron chi connectivity index (χ3n) is 4.39. The summed E-state index contributed by atoms with van der Waals surface area (Å²) in [7, 11) is 0. The Morgan fingerprint density at radius 2 is 1.60 bits per heavy atom. The van der Waals surface area contributed by atoms with E-state index in [2.05, 4.69) is 15.8 Å². The van der Waals surface area contributed by atoms with Crippen molar-refractivity contribution in [2.75, 3.05) is 5.32 Å². The Bertz CT molecular complexity index is 1040. The second kappa shape index (κ2) is 10.0. The Morgan fingerprint density at radius 1 is 0.900 bits per heavy atom. The molecule has 2 N–H and O–H groups in total. The number of anilines is 1. The van der Waals surface area contributed by atoms with Crippen LogP contribution < -0.4 is 15.5 Å². The van der Waals surface area contributed by atoms with Gasteiger partial charge >= 0.3 is 11.8 Å². The van der Waals surface area contributed by atoms with Crippen LogP contribution in [0.5, 0.6) is 5.75 Å². The second-order valence-corrected chi connectivity index (χ2v) is 6.81. The van der Waals surface area contributed by atoms with E-state index in [1.807, 2.05) is 74.5 Å². The lowest BCUT2D eigenvalue weighted by atomic mass is 10.2. The average Bonchev–Trinajstić information content (AvgIpc) is 2.76. The van der Waals surface area contributed by atoms with Crippen LogP contribution in [0.3, 0.4) is 0 Å². The predicted octanol–water partition coefficient (Wildman–Crippen LogP) is 3.97. The van der Waals surface area contributed by atoms with Crippen molar-refractivity contribution < 1.29 is 14.3 Å². The van der Waals surface area contributed by atoms with Gasteiger partial charge in [0.25, 0.3) is 0 Å². The number of hydrazone groups is 1. The molecule has 0 heterocycles. The lowest BCUT2D eigenvalue weighted by Crippen LogP contribution is -2.32. The molecule has 3 aromatic carbocycles. The highest BCUT2D eigenvalue weighted by Gasteiger charge is 2.13. The maximum atomic E-state index is 11.9. The number of carbonyl (C=O) groups is 2. The lowest BCUT2D eigenvalue weighted by molar-refractivity contribution is -0.136. The standard InChI is InChI=1S/C24H23N3O3/c1-17-7-9-20(10-8-17)16-30-21-13-11-19(12-14-21)15-25-27-24(29)23(28)26-22-6-4-3-5-18(22)2/h3-15H,16H2,1-2H3,(H,26,28)(H,27,29)/b25-15-. The number of hydrogen-bond donors (Lipinski definition) is 2. The van der Waals surface area contributed by atoms with Gasteiger partial charge in [-0.3, -0.25) is 9.59 Å². The fourth-order valence-corrected chi connectivity index (χ4v) is 2.61. The molecule has 30 heavy (non-hydrogen) atoms. The summed E-state index contributed by atoms with van der Waals surface area (Å²) in [5, 5.41) is 6.39. The van der Waals surface area contributed by atoms with Crippen LogP contribution >= 0.6 is 0 Å². The minimum absolute atomic E-state index is 0.486. The van der Waals surface area contributed by atoms with Crippen molar-refractivity contribution in [1.82, 2.24) is 5.43 Å². The highest BCUT2D eigenvalue weighted by Crippen LogP contribution is 2.14. The van der Waals surface area contributed by atoms with E-state index in [0.29, 0.717) is 12.3 Å². The Morgan fingerprint density at radius 3 is 2.30 bits per heavy atom. The molecule has 6 heteroatoms. The summed E-state index contributed by atoms with van der Waals surface area (Å²) in [4.78, 5) is 23.8. The van der Waals surface area contributed by atoms with Crippen LogP contribution in [0.15, 0.2) is 77.9 Å². The summed E-state index contributed by atoms with van der Waals surface area (Å²) < 4.78 is 5.76. The largest absolute Gasteiger partial charge is 0.489 e. The molecule has 0 radical (unpaired) electrons. The maximum absolute atomic E-state index is 11.9. The smallest absolute Gasteiger partial charge is 0.329 e. The maximum Gasteiger partial charge on any atom is 0.329 e. The van der Waals surface area contributed by atoms with Crippen molar-refractivity contribution in [2.45, 2.75) is 20.5 Å². The van der Waals surface area contributed by atoms with Crippen LogP contribution in [-0.4, -0.2) is 18.0 Å². The molecule has 0 saturated heterocycles. The Labute approximate surface area is 175 Å². The number of benzene rings is 3. The van der Waals surface area contributed by atoms with Gasteiger partial charge in [0.05, 0.1) is 6.21 Å². The molecular formula is C24H23N3O3. The first kappa shape index (κ1) is 20.8. The third-order valence-corrected chi connectivity index (χ3v) is 4.39. The van der Waals surface area contributed by atoms with E-state index in [4.69, 9.17) is 4.74 Å². The van der Waals surface area contributed by atoms with Gasteiger partial charge in [0.2, 0.25) is 0 Å². The zero-order valence-corrected chi connectivity index (χ0v) is 16.9. The minimum atomic E-state index is -0.840. The van der Waals surface area contributed by atoms with Gasteiger partial charge in [0, 0.05) is 5.69 Å². The highest BCUT2D eigenvalue weighted by molar-refractivity contribution is 6.39. The average molecular weight is 401 g/mol. The van der Waals surface area contributed by atoms with Crippen LogP contribution in [0.4, 0.5) is 5.69 Å². The fraction of sp³-hybridized carbons (Fsp3) is 0.125. The normalized spacial score (nSPS) is 10.6. The van der Waals surface area contributed by atoms with E-state index in [0.717, 1.165) is 22.4 Å². The molecule has 0 unspecified atom stereocenters. The summed E-state index contributed by atoms with van der Waals surface area (Å²) in [5.74, 6) is -0.886. The molecule has 6 nitrogen and oxygen atoms in total. The Kier molecular flexibility index (Phi) is 6.95. The van der Waals surface area contributed by atoms with Crippen molar-refractivity contribution in [3.05, 3.63) is 95.1 Å². The minimum Gasteiger partial charge on any atom is -0.489 e. The summed E-state index contributed by atoms with van der Waals surface area (Å²) >= 11 is 0. The van der Waals surface area contributed by atoms with Gasteiger partial charge in [0.1, 0.15) is 12.4 Å². The molecule has 0 aromatic heterocycles. The number of carbonyl (C=O) groups excluding carboxylic acids is 2. The number of ether oxygens (including phenoxy) is 1. The molecule has 0 saturated carbocycles. The lowest BCUT2D eigenvalue weighted by Gasteiger charge is -2.07. The number of hydrogen-bond acceptors (Lipinski definition) is 4. The van der Waals surface area contributed by atoms with E-state index in [1.54, 1.807) is 12.1 Å².